The highest BCUT2D eigenvalue weighted by Crippen LogP contribution is 2.16. The molecule has 0 aliphatic heterocycles. The third-order valence-electron chi connectivity index (χ3n) is 2.55. The molecule has 0 N–H and O–H groups in total. The van der Waals surface area contributed by atoms with E-state index >= 15 is 0 Å². The van der Waals surface area contributed by atoms with Crippen molar-refractivity contribution in [2.24, 2.45) is 0 Å². The van der Waals surface area contributed by atoms with E-state index in [1.165, 1.54) is 12.5 Å². The summed E-state index contributed by atoms with van der Waals surface area (Å²) in [5, 5.41) is 4.20. The number of Topliss-reactive ketones (excluding diaryl/α,β-unsaturated/α-hetero) is 1. The molecule has 0 spiro atoms. The van der Waals surface area contributed by atoms with E-state index in [0.29, 0.717) is 5.69 Å². The summed E-state index contributed by atoms with van der Waals surface area (Å²) in [7, 11) is 2.02. The lowest BCUT2D eigenvalue weighted by Crippen LogP contribution is -2.16. The van der Waals surface area contributed by atoms with Crippen molar-refractivity contribution in [2.45, 2.75) is 13.5 Å². The highest BCUT2D eigenvalue weighted by Gasteiger charge is 2.05. The lowest BCUT2D eigenvalue weighted by molar-refractivity contribution is 0.101. The lowest BCUT2D eigenvalue weighted by Gasteiger charge is -2.18. The minimum absolute atomic E-state index is 0.00274. The Bertz CT molecular complexity index is 491. The first-order valence-corrected chi connectivity index (χ1v) is 6.30. The van der Waals surface area contributed by atoms with Crippen molar-refractivity contribution in [3.63, 3.8) is 0 Å². The molecule has 2 aromatic heterocycles. The summed E-state index contributed by atoms with van der Waals surface area (Å²) in [6.07, 6.45) is 1.74. The van der Waals surface area contributed by atoms with Crippen molar-refractivity contribution in [1.29, 1.82) is 0 Å². The summed E-state index contributed by atoms with van der Waals surface area (Å²) in [5.41, 5.74) is 2.81. The molecule has 0 amide bonds. The topological polar surface area (TPSA) is 33.2 Å². The van der Waals surface area contributed by atoms with E-state index in [9.17, 15) is 4.79 Å². The predicted molar refractivity (Wildman–Crippen MR) is 70.7 cm³/mol. The number of nitrogens with zero attached hydrogens (tertiary/aromatic N) is 2. The normalized spacial score (nSPS) is 10.2. The third-order valence-corrected chi connectivity index (χ3v) is 3.28. The Morgan fingerprint density at radius 3 is 2.76 bits per heavy atom. The molecule has 0 saturated heterocycles. The first-order chi connectivity index (χ1) is 8.16. The molecule has 0 aliphatic rings. The average molecular weight is 246 g/mol. The summed E-state index contributed by atoms with van der Waals surface area (Å²) in [5.74, 6) is -0.00274. The summed E-state index contributed by atoms with van der Waals surface area (Å²) in [6, 6.07) is 5.80. The molecule has 0 bridgehead atoms. The second kappa shape index (κ2) is 5.10. The largest absolute Gasteiger partial charge is 0.369 e. The number of anilines is 1. The second-order valence-corrected chi connectivity index (χ2v) is 4.73. The number of aromatic nitrogens is 1. The third kappa shape index (κ3) is 2.91. The zero-order valence-corrected chi connectivity index (χ0v) is 10.7. The number of ketones is 1. The molecule has 0 atom stereocenters. The van der Waals surface area contributed by atoms with Crippen molar-refractivity contribution in [2.75, 3.05) is 11.9 Å². The molecule has 0 aliphatic carbocycles. The molecule has 2 heterocycles. The van der Waals surface area contributed by atoms with Crippen molar-refractivity contribution in [3.05, 3.63) is 46.4 Å². The highest BCUT2D eigenvalue weighted by molar-refractivity contribution is 7.07. The SMILES string of the molecule is CC(=O)c1ccc(N(C)Cc2ccsc2)cn1. The molecule has 0 aromatic carbocycles. The van der Waals surface area contributed by atoms with Crippen LogP contribution in [0.2, 0.25) is 0 Å². The van der Waals surface area contributed by atoms with Gasteiger partial charge in [-0.05, 0) is 34.5 Å². The average Bonchev–Trinajstić information content (AvgIpc) is 2.82. The van der Waals surface area contributed by atoms with Gasteiger partial charge in [-0.25, -0.2) is 0 Å². The fourth-order valence-electron chi connectivity index (χ4n) is 1.57. The molecule has 0 radical (unpaired) electrons. The number of rotatable bonds is 4. The maximum atomic E-state index is 11.1. The van der Waals surface area contributed by atoms with E-state index in [1.807, 2.05) is 13.1 Å². The van der Waals surface area contributed by atoms with E-state index in [1.54, 1.807) is 23.6 Å². The quantitative estimate of drug-likeness (QED) is 0.778. The molecule has 0 fully saturated rings. The van der Waals surface area contributed by atoms with E-state index in [2.05, 4.69) is 26.7 Å². The Morgan fingerprint density at radius 1 is 1.41 bits per heavy atom. The van der Waals surface area contributed by atoms with Crippen LogP contribution in [0.15, 0.2) is 35.2 Å². The first kappa shape index (κ1) is 11.8. The second-order valence-electron chi connectivity index (χ2n) is 3.95. The number of hydrogen-bond donors (Lipinski definition) is 0. The van der Waals surface area contributed by atoms with Gasteiger partial charge in [-0.3, -0.25) is 9.78 Å². The Kier molecular flexibility index (Phi) is 3.54. The minimum Gasteiger partial charge on any atom is -0.369 e. The van der Waals surface area contributed by atoms with Gasteiger partial charge in [0.1, 0.15) is 5.69 Å². The molecule has 17 heavy (non-hydrogen) atoms. The van der Waals surface area contributed by atoms with Gasteiger partial charge in [0.05, 0.1) is 11.9 Å². The van der Waals surface area contributed by atoms with Gasteiger partial charge >= 0.3 is 0 Å². The van der Waals surface area contributed by atoms with E-state index < -0.39 is 0 Å². The number of hydrogen-bond acceptors (Lipinski definition) is 4. The van der Waals surface area contributed by atoms with Gasteiger partial charge < -0.3 is 4.90 Å². The molecule has 2 aromatic rings. The van der Waals surface area contributed by atoms with Crippen molar-refractivity contribution < 1.29 is 4.79 Å². The van der Waals surface area contributed by atoms with E-state index in [0.717, 1.165) is 12.2 Å². The Morgan fingerprint density at radius 2 is 2.24 bits per heavy atom. The Labute approximate surface area is 105 Å². The molecule has 0 saturated carbocycles. The molecular formula is C13H14N2OS. The molecule has 2 rings (SSSR count). The molecule has 3 nitrogen and oxygen atoms in total. The Balaban J connectivity index is 2.09. The summed E-state index contributed by atoms with van der Waals surface area (Å²) in [6.45, 7) is 2.38. The standard InChI is InChI=1S/C13H14N2OS/c1-10(16)13-4-3-12(7-14-13)15(2)8-11-5-6-17-9-11/h3-7,9H,8H2,1-2H3. The summed E-state index contributed by atoms with van der Waals surface area (Å²) < 4.78 is 0. The van der Waals surface area contributed by atoms with Crippen LogP contribution in [0.1, 0.15) is 23.0 Å². The predicted octanol–water partition coefficient (Wildman–Crippen LogP) is 2.98. The molecule has 4 heteroatoms. The van der Waals surface area contributed by atoms with Crippen LogP contribution in [0.5, 0.6) is 0 Å². The van der Waals surface area contributed by atoms with Crippen LogP contribution >= 0.6 is 11.3 Å². The van der Waals surface area contributed by atoms with Gasteiger partial charge in [-0.15, -0.1) is 0 Å². The number of thiophene rings is 1. The van der Waals surface area contributed by atoms with Crippen LogP contribution < -0.4 is 4.90 Å². The summed E-state index contributed by atoms with van der Waals surface area (Å²) in [4.78, 5) is 17.4. The summed E-state index contributed by atoms with van der Waals surface area (Å²) >= 11 is 1.70. The number of carbonyl (C=O) groups is 1. The fourth-order valence-corrected chi connectivity index (χ4v) is 2.23. The van der Waals surface area contributed by atoms with Gasteiger partial charge in [0.15, 0.2) is 5.78 Å². The number of pyridine rings is 1. The highest BCUT2D eigenvalue weighted by atomic mass is 32.1. The minimum atomic E-state index is -0.00274. The van der Waals surface area contributed by atoms with Crippen LogP contribution in [0.3, 0.4) is 0 Å². The van der Waals surface area contributed by atoms with Gasteiger partial charge in [-0.1, -0.05) is 0 Å². The van der Waals surface area contributed by atoms with E-state index in [-0.39, 0.29) is 5.78 Å². The first-order valence-electron chi connectivity index (χ1n) is 5.36. The van der Waals surface area contributed by atoms with Crippen LogP contribution in [0.4, 0.5) is 5.69 Å². The monoisotopic (exact) mass is 246 g/mol. The molecular weight excluding hydrogens is 232 g/mol. The van der Waals surface area contributed by atoms with Gasteiger partial charge in [-0.2, -0.15) is 11.3 Å². The maximum Gasteiger partial charge on any atom is 0.178 e. The smallest absolute Gasteiger partial charge is 0.178 e. The van der Waals surface area contributed by atoms with Gasteiger partial charge in [0.25, 0.3) is 0 Å². The van der Waals surface area contributed by atoms with Crippen molar-refractivity contribution in [1.82, 2.24) is 4.98 Å². The van der Waals surface area contributed by atoms with Gasteiger partial charge in [0, 0.05) is 20.5 Å². The molecule has 0 unspecified atom stereocenters. The molecule has 88 valence electrons. The van der Waals surface area contributed by atoms with Crippen LogP contribution in [-0.4, -0.2) is 17.8 Å². The van der Waals surface area contributed by atoms with Crippen molar-refractivity contribution in [3.8, 4) is 0 Å². The lowest BCUT2D eigenvalue weighted by atomic mass is 10.2. The van der Waals surface area contributed by atoms with Gasteiger partial charge in [0.2, 0.25) is 0 Å². The Hall–Kier alpha value is -1.68. The maximum absolute atomic E-state index is 11.1. The van der Waals surface area contributed by atoms with Crippen molar-refractivity contribution >= 4 is 22.8 Å². The number of carbonyl (C=O) groups excluding carboxylic acids is 1. The van der Waals surface area contributed by atoms with Crippen LogP contribution in [0.25, 0.3) is 0 Å². The fraction of sp³-hybridized carbons (Fsp3) is 0.231. The van der Waals surface area contributed by atoms with E-state index in [4.69, 9.17) is 0 Å². The zero-order valence-electron chi connectivity index (χ0n) is 9.88. The van der Waals surface area contributed by atoms with Crippen LogP contribution in [0, 0.1) is 0 Å². The van der Waals surface area contributed by atoms with Crippen LogP contribution in [-0.2, 0) is 6.54 Å². The zero-order chi connectivity index (χ0) is 12.3.